The van der Waals surface area contributed by atoms with Crippen molar-refractivity contribution in [1.82, 2.24) is 0 Å². The van der Waals surface area contributed by atoms with Crippen molar-refractivity contribution in [2.75, 3.05) is 0 Å². The van der Waals surface area contributed by atoms with E-state index in [0.29, 0.717) is 5.92 Å². The van der Waals surface area contributed by atoms with Gasteiger partial charge in [-0.1, -0.05) is 22.0 Å². The summed E-state index contributed by atoms with van der Waals surface area (Å²) in [6.45, 7) is 4.12. The lowest BCUT2D eigenvalue weighted by Gasteiger charge is -2.19. The van der Waals surface area contributed by atoms with Gasteiger partial charge in [0.2, 0.25) is 0 Å². The van der Waals surface area contributed by atoms with E-state index in [-0.39, 0.29) is 12.3 Å². The van der Waals surface area contributed by atoms with Crippen molar-refractivity contribution < 1.29 is 9.90 Å². The van der Waals surface area contributed by atoms with Gasteiger partial charge in [0.15, 0.2) is 0 Å². The number of hydrogen-bond donors (Lipinski definition) is 1. The highest BCUT2D eigenvalue weighted by Crippen LogP contribution is 2.46. The molecule has 1 atom stereocenters. The van der Waals surface area contributed by atoms with Crippen molar-refractivity contribution in [2.45, 2.75) is 39.0 Å². The van der Waals surface area contributed by atoms with E-state index >= 15 is 0 Å². The monoisotopic (exact) mass is 296 g/mol. The highest BCUT2D eigenvalue weighted by molar-refractivity contribution is 9.10. The molecule has 0 spiro atoms. The summed E-state index contributed by atoms with van der Waals surface area (Å²) in [4.78, 5) is 11.0. The predicted octanol–water partition coefficient (Wildman–Crippen LogP) is 4.03. The SMILES string of the molecule is Cc1cc(Br)c(C)c(C(CC(=O)O)C2CC2)c1. The van der Waals surface area contributed by atoms with Gasteiger partial charge in [0.1, 0.15) is 0 Å². The Labute approximate surface area is 110 Å². The van der Waals surface area contributed by atoms with E-state index in [0.717, 1.165) is 4.47 Å². The topological polar surface area (TPSA) is 37.3 Å². The molecular formula is C14H17BrO2. The Kier molecular flexibility index (Phi) is 3.57. The van der Waals surface area contributed by atoms with Crippen LogP contribution in [0.15, 0.2) is 16.6 Å². The van der Waals surface area contributed by atoms with E-state index in [4.69, 9.17) is 5.11 Å². The first-order chi connectivity index (χ1) is 7.99. The summed E-state index contributed by atoms with van der Waals surface area (Å²) in [7, 11) is 0. The van der Waals surface area contributed by atoms with Crippen molar-refractivity contribution >= 4 is 21.9 Å². The van der Waals surface area contributed by atoms with Crippen LogP contribution in [0.4, 0.5) is 0 Å². The van der Waals surface area contributed by atoms with Gasteiger partial charge < -0.3 is 5.11 Å². The van der Waals surface area contributed by atoms with Crippen LogP contribution >= 0.6 is 15.9 Å². The van der Waals surface area contributed by atoms with Gasteiger partial charge in [-0.05, 0) is 61.3 Å². The first-order valence-corrected chi connectivity index (χ1v) is 6.76. The van der Waals surface area contributed by atoms with Crippen LogP contribution in [-0.2, 0) is 4.79 Å². The molecule has 0 aliphatic heterocycles. The number of carboxylic acids is 1. The number of carbonyl (C=O) groups is 1. The molecule has 2 nitrogen and oxygen atoms in total. The zero-order chi connectivity index (χ0) is 12.6. The molecule has 17 heavy (non-hydrogen) atoms. The number of halogens is 1. The average molecular weight is 297 g/mol. The summed E-state index contributed by atoms with van der Waals surface area (Å²) < 4.78 is 1.09. The molecule has 2 rings (SSSR count). The first kappa shape index (κ1) is 12.6. The molecule has 0 aromatic heterocycles. The Balaban J connectivity index is 2.38. The summed E-state index contributed by atoms with van der Waals surface area (Å²) >= 11 is 3.55. The molecule has 0 radical (unpaired) electrons. The van der Waals surface area contributed by atoms with Crippen molar-refractivity contribution in [2.24, 2.45) is 5.92 Å². The largest absolute Gasteiger partial charge is 0.481 e. The quantitative estimate of drug-likeness (QED) is 0.911. The van der Waals surface area contributed by atoms with Crippen LogP contribution in [0, 0.1) is 19.8 Å². The normalized spacial score (nSPS) is 16.9. The Bertz CT molecular complexity index is 450. The van der Waals surface area contributed by atoms with E-state index in [1.54, 1.807) is 0 Å². The fourth-order valence-electron chi connectivity index (χ4n) is 2.44. The summed E-state index contributed by atoms with van der Waals surface area (Å²) in [5, 5.41) is 9.04. The highest BCUT2D eigenvalue weighted by Gasteiger charge is 2.34. The van der Waals surface area contributed by atoms with Crippen LogP contribution < -0.4 is 0 Å². The summed E-state index contributed by atoms with van der Waals surface area (Å²) in [5.74, 6) is 0.0566. The van der Waals surface area contributed by atoms with Crippen molar-refractivity contribution in [3.8, 4) is 0 Å². The third-order valence-electron chi connectivity index (χ3n) is 3.51. The van der Waals surface area contributed by atoms with E-state index in [9.17, 15) is 4.79 Å². The molecule has 1 N–H and O–H groups in total. The summed E-state index contributed by atoms with van der Waals surface area (Å²) in [6, 6.07) is 4.23. The molecule has 1 aliphatic carbocycles. The van der Waals surface area contributed by atoms with Gasteiger partial charge in [-0.15, -0.1) is 0 Å². The fraction of sp³-hybridized carbons (Fsp3) is 0.500. The first-order valence-electron chi connectivity index (χ1n) is 5.97. The number of rotatable bonds is 4. The molecule has 0 saturated heterocycles. The highest BCUT2D eigenvalue weighted by atomic mass is 79.9. The van der Waals surface area contributed by atoms with E-state index < -0.39 is 5.97 Å². The predicted molar refractivity (Wildman–Crippen MR) is 71.3 cm³/mol. The molecule has 3 heteroatoms. The maximum absolute atomic E-state index is 11.0. The van der Waals surface area contributed by atoms with Crippen LogP contribution in [0.3, 0.4) is 0 Å². The molecule has 92 valence electrons. The second-order valence-electron chi connectivity index (χ2n) is 5.00. The van der Waals surface area contributed by atoms with Crippen LogP contribution in [0.5, 0.6) is 0 Å². The van der Waals surface area contributed by atoms with Crippen molar-refractivity contribution in [3.63, 3.8) is 0 Å². The van der Waals surface area contributed by atoms with Gasteiger partial charge in [0, 0.05) is 4.47 Å². The zero-order valence-corrected chi connectivity index (χ0v) is 11.8. The lowest BCUT2D eigenvalue weighted by molar-refractivity contribution is -0.137. The fourth-order valence-corrected chi connectivity index (χ4v) is 3.03. The summed E-state index contributed by atoms with van der Waals surface area (Å²) in [6.07, 6.45) is 2.59. The molecule has 1 aliphatic rings. The second-order valence-corrected chi connectivity index (χ2v) is 5.86. The lowest BCUT2D eigenvalue weighted by atomic mass is 9.87. The zero-order valence-electron chi connectivity index (χ0n) is 10.2. The number of aliphatic carboxylic acids is 1. The summed E-state index contributed by atoms with van der Waals surface area (Å²) in [5.41, 5.74) is 3.59. The van der Waals surface area contributed by atoms with E-state index in [2.05, 4.69) is 41.9 Å². The van der Waals surface area contributed by atoms with Crippen LogP contribution in [0.1, 0.15) is 41.9 Å². The Hall–Kier alpha value is -0.830. The van der Waals surface area contributed by atoms with Crippen LogP contribution in [0.25, 0.3) is 0 Å². The molecule has 1 aromatic carbocycles. The third kappa shape index (κ3) is 2.89. The maximum Gasteiger partial charge on any atom is 0.303 e. The Morgan fingerprint density at radius 1 is 1.47 bits per heavy atom. The molecule has 0 heterocycles. The number of hydrogen-bond acceptors (Lipinski definition) is 1. The standard InChI is InChI=1S/C14H17BrO2/c1-8-5-11(9(2)13(15)6-8)12(7-14(16)17)10-3-4-10/h5-6,10,12H,3-4,7H2,1-2H3,(H,16,17). The second kappa shape index (κ2) is 4.81. The Morgan fingerprint density at radius 2 is 2.12 bits per heavy atom. The van der Waals surface area contributed by atoms with E-state index in [1.807, 2.05) is 0 Å². The van der Waals surface area contributed by atoms with Gasteiger partial charge in [-0.25, -0.2) is 0 Å². The van der Waals surface area contributed by atoms with Crippen molar-refractivity contribution in [1.29, 1.82) is 0 Å². The molecule has 1 aromatic rings. The maximum atomic E-state index is 11.0. The lowest BCUT2D eigenvalue weighted by Crippen LogP contribution is -2.10. The van der Waals surface area contributed by atoms with Crippen molar-refractivity contribution in [3.05, 3.63) is 33.3 Å². The van der Waals surface area contributed by atoms with Gasteiger partial charge in [-0.3, -0.25) is 4.79 Å². The minimum atomic E-state index is -0.695. The van der Waals surface area contributed by atoms with Gasteiger partial charge >= 0.3 is 5.97 Å². The molecular weight excluding hydrogens is 280 g/mol. The smallest absolute Gasteiger partial charge is 0.303 e. The van der Waals surface area contributed by atoms with Gasteiger partial charge in [-0.2, -0.15) is 0 Å². The minimum absolute atomic E-state index is 0.184. The number of benzene rings is 1. The molecule has 1 fully saturated rings. The van der Waals surface area contributed by atoms with E-state index in [1.165, 1.54) is 29.5 Å². The Morgan fingerprint density at radius 3 is 2.65 bits per heavy atom. The molecule has 1 unspecified atom stereocenters. The van der Waals surface area contributed by atoms with Gasteiger partial charge in [0.05, 0.1) is 6.42 Å². The molecule has 0 bridgehead atoms. The minimum Gasteiger partial charge on any atom is -0.481 e. The van der Waals surface area contributed by atoms with Crippen LogP contribution in [-0.4, -0.2) is 11.1 Å². The number of carboxylic acid groups (broad SMARTS) is 1. The molecule has 1 saturated carbocycles. The van der Waals surface area contributed by atoms with Crippen LogP contribution in [0.2, 0.25) is 0 Å². The average Bonchev–Trinajstić information content (AvgIpc) is 3.03. The third-order valence-corrected chi connectivity index (χ3v) is 4.34. The molecule has 0 amide bonds. The number of aryl methyl sites for hydroxylation is 1. The van der Waals surface area contributed by atoms with Gasteiger partial charge in [0.25, 0.3) is 0 Å².